The Labute approximate surface area is 71.2 Å². The van der Waals surface area contributed by atoms with Gasteiger partial charge in [0, 0.05) is 10.6 Å². The van der Waals surface area contributed by atoms with Crippen LogP contribution in [0, 0.1) is 19.3 Å². The third-order valence-corrected chi connectivity index (χ3v) is 1.73. The largest absolute Gasteiger partial charge is 0.398 e. The van der Waals surface area contributed by atoms with E-state index in [1.165, 1.54) is 0 Å². The Balaban J connectivity index is 3.39. The van der Waals surface area contributed by atoms with Gasteiger partial charge in [0.2, 0.25) is 0 Å². The van der Waals surface area contributed by atoms with Gasteiger partial charge in [0.15, 0.2) is 0 Å². The minimum atomic E-state index is 0.629. The van der Waals surface area contributed by atoms with Crippen LogP contribution in [0.3, 0.4) is 0 Å². The summed E-state index contributed by atoms with van der Waals surface area (Å²) in [5.41, 5.74) is 7.88. The average molecular weight is 166 g/mol. The van der Waals surface area contributed by atoms with Crippen molar-refractivity contribution in [2.24, 2.45) is 0 Å². The molecule has 1 rings (SSSR count). The molecular formula is C9H8ClN. The number of terminal acetylenes is 1. The Morgan fingerprint density at radius 2 is 2.18 bits per heavy atom. The summed E-state index contributed by atoms with van der Waals surface area (Å²) < 4.78 is 0. The Morgan fingerprint density at radius 3 is 2.73 bits per heavy atom. The Morgan fingerprint density at radius 1 is 1.55 bits per heavy atom. The molecule has 11 heavy (non-hydrogen) atoms. The fourth-order valence-electron chi connectivity index (χ4n) is 0.874. The molecule has 0 unspecified atom stereocenters. The molecule has 0 radical (unpaired) electrons. The molecule has 0 amide bonds. The Hall–Kier alpha value is -1.13. The van der Waals surface area contributed by atoms with Crippen molar-refractivity contribution < 1.29 is 0 Å². The van der Waals surface area contributed by atoms with E-state index in [4.69, 9.17) is 23.8 Å². The van der Waals surface area contributed by atoms with Gasteiger partial charge in [-0.3, -0.25) is 0 Å². The molecule has 1 aromatic carbocycles. The monoisotopic (exact) mass is 165 g/mol. The molecule has 0 spiro atoms. The van der Waals surface area contributed by atoms with E-state index in [1.54, 1.807) is 12.1 Å². The average Bonchev–Trinajstić information content (AvgIpc) is 1.96. The Kier molecular flexibility index (Phi) is 2.07. The van der Waals surface area contributed by atoms with Crippen LogP contribution >= 0.6 is 11.6 Å². The number of hydrogen-bond donors (Lipinski definition) is 1. The van der Waals surface area contributed by atoms with Crippen LogP contribution in [0.4, 0.5) is 5.69 Å². The van der Waals surface area contributed by atoms with Gasteiger partial charge in [-0.1, -0.05) is 17.5 Å². The zero-order valence-corrected chi connectivity index (χ0v) is 6.94. The van der Waals surface area contributed by atoms with Crippen molar-refractivity contribution in [2.75, 3.05) is 5.73 Å². The zero-order chi connectivity index (χ0) is 8.43. The van der Waals surface area contributed by atoms with Crippen LogP contribution in [0.5, 0.6) is 0 Å². The van der Waals surface area contributed by atoms with E-state index in [1.807, 2.05) is 6.92 Å². The zero-order valence-electron chi connectivity index (χ0n) is 6.19. The van der Waals surface area contributed by atoms with Gasteiger partial charge in [0.05, 0.1) is 5.69 Å². The summed E-state index contributed by atoms with van der Waals surface area (Å²) in [6.07, 6.45) is 5.20. The van der Waals surface area contributed by atoms with Crippen LogP contribution in [0.15, 0.2) is 12.1 Å². The molecule has 0 aliphatic heterocycles. The highest BCUT2D eigenvalue weighted by atomic mass is 35.5. The van der Waals surface area contributed by atoms with E-state index in [0.717, 1.165) is 5.56 Å². The smallest absolute Gasteiger partial charge is 0.0503 e. The van der Waals surface area contributed by atoms with Gasteiger partial charge in [0.1, 0.15) is 0 Å². The molecule has 0 saturated carbocycles. The fourth-order valence-corrected chi connectivity index (χ4v) is 1.15. The summed E-state index contributed by atoms with van der Waals surface area (Å²) in [6.45, 7) is 1.88. The van der Waals surface area contributed by atoms with Crippen LogP contribution in [-0.2, 0) is 0 Å². The first kappa shape index (κ1) is 7.97. The molecule has 0 fully saturated rings. The van der Waals surface area contributed by atoms with E-state index in [9.17, 15) is 0 Å². The molecule has 1 aromatic rings. The number of halogens is 1. The molecule has 2 N–H and O–H groups in total. The minimum Gasteiger partial charge on any atom is -0.398 e. The number of nitrogen functional groups attached to an aromatic ring is 1. The van der Waals surface area contributed by atoms with Crippen molar-refractivity contribution in [3.8, 4) is 12.3 Å². The van der Waals surface area contributed by atoms with Crippen molar-refractivity contribution >= 4 is 17.3 Å². The van der Waals surface area contributed by atoms with Crippen LogP contribution in [0.2, 0.25) is 5.02 Å². The van der Waals surface area contributed by atoms with E-state index in [0.29, 0.717) is 16.3 Å². The molecule has 0 aromatic heterocycles. The lowest BCUT2D eigenvalue weighted by Gasteiger charge is -2.02. The third kappa shape index (κ3) is 1.47. The summed E-state index contributed by atoms with van der Waals surface area (Å²) in [4.78, 5) is 0. The highest BCUT2D eigenvalue weighted by molar-refractivity contribution is 6.30. The minimum absolute atomic E-state index is 0.629. The van der Waals surface area contributed by atoms with Crippen molar-refractivity contribution in [3.63, 3.8) is 0 Å². The van der Waals surface area contributed by atoms with Crippen molar-refractivity contribution in [2.45, 2.75) is 6.92 Å². The molecule has 0 atom stereocenters. The topological polar surface area (TPSA) is 26.0 Å². The molecule has 0 aliphatic carbocycles. The second-order valence-electron chi connectivity index (χ2n) is 2.33. The predicted molar refractivity (Wildman–Crippen MR) is 48.5 cm³/mol. The first-order valence-corrected chi connectivity index (χ1v) is 3.55. The van der Waals surface area contributed by atoms with Gasteiger partial charge in [-0.15, -0.1) is 6.42 Å². The van der Waals surface area contributed by atoms with Crippen molar-refractivity contribution in [3.05, 3.63) is 28.3 Å². The standard InChI is InChI=1S/C9H8ClN/c1-3-7-5-8(10)4-6(2)9(7)11/h1,4-5H,11H2,2H3. The van der Waals surface area contributed by atoms with Gasteiger partial charge >= 0.3 is 0 Å². The highest BCUT2D eigenvalue weighted by Crippen LogP contribution is 2.21. The quantitative estimate of drug-likeness (QED) is 0.463. The lowest BCUT2D eigenvalue weighted by atomic mass is 10.1. The summed E-state index contributed by atoms with van der Waals surface area (Å²) in [5.74, 6) is 2.47. The molecule has 0 aliphatic rings. The lowest BCUT2D eigenvalue weighted by Crippen LogP contribution is -1.93. The second kappa shape index (κ2) is 2.86. The van der Waals surface area contributed by atoms with Crippen LogP contribution in [0.25, 0.3) is 0 Å². The number of nitrogens with two attached hydrogens (primary N) is 1. The number of anilines is 1. The Bertz CT molecular complexity index is 323. The predicted octanol–water partition coefficient (Wildman–Crippen LogP) is 2.21. The van der Waals surface area contributed by atoms with Gasteiger partial charge in [-0.25, -0.2) is 0 Å². The molecule has 0 bridgehead atoms. The number of aryl methyl sites for hydroxylation is 1. The summed E-state index contributed by atoms with van der Waals surface area (Å²) >= 11 is 5.75. The maximum atomic E-state index is 5.75. The SMILES string of the molecule is C#Cc1cc(Cl)cc(C)c1N. The van der Waals surface area contributed by atoms with Crippen molar-refractivity contribution in [1.82, 2.24) is 0 Å². The summed E-state index contributed by atoms with van der Waals surface area (Å²) in [7, 11) is 0. The first-order chi connectivity index (χ1) is 5.15. The van der Waals surface area contributed by atoms with Gasteiger partial charge in [-0.05, 0) is 24.6 Å². The highest BCUT2D eigenvalue weighted by Gasteiger charge is 2.00. The van der Waals surface area contributed by atoms with E-state index in [-0.39, 0.29) is 0 Å². The van der Waals surface area contributed by atoms with Crippen LogP contribution < -0.4 is 5.73 Å². The third-order valence-electron chi connectivity index (χ3n) is 1.51. The van der Waals surface area contributed by atoms with Crippen LogP contribution in [0.1, 0.15) is 11.1 Å². The lowest BCUT2D eigenvalue weighted by molar-refractivity contribution is 1.45. The molecule has 0 saturated heterocycles. The van der Waals surface area contributed by atoms with E-state index >= 15 is 0 Å². The maximum Gasteiger partial charge on any atom is 0.0503 e. The summed E-state index contributed by atoms with van der Waals surface area (Å²) in [5, 5.41) is 0.629. The molecule has 0 heterocycles. The fraction of sp³-hybridized carbons (Fsp3) is 0.111. The summed E-state index contributed by atoms with van der Waals surface area (Å²) in [6, 6.07) is 3.47. The molecule has 2 heteroatoms. The number of rotatable bonds is 0. The number of hydrogen-bond acceptors (Lipinski definition) is 1. The molecule has 56 valence electrons. The molecular weight excluding hydrogens is 158 g/mol. The first-order valence-electron chi connectivity index (χ1n) is 3.17. The second-order valence-corrected chi connectivity index (χ2v) is 2.76. The van der Waals surface area contributed by atoms with Crippen molar-refractivity contribution in [1.29, 1.82) is 0 Å². The van der Waals surface area contributed by atoms with Gasteiger partial charge in [-0.2, -0.15) is 0 Å². The van der Waals surface area contributed by atoms with E-state index < -0.39 is 0 Å². The van der Waals surface area contributed by atoms with Gasteiger partial charge < -0.3 is 5.73 Å². The van der Waals surface area contributed by atoms with Crippen LogP contribution in [-0.4, -0.2) is 0 Å². The van der Waals surface area contributed by atoms with E-state index in [2.05, 4.69) is 5.92 Å². The molecule has 1 nitrogen and oxygen atoms in total. The maximum absolute atomic E-state index is 5.75. The number of benzene rings is 1. The van der Waals surface area contributed by atoms with Gasteiger partial charge in [0.25, 0.3) is 0 Å². The normalized spacial score (nSPS) is 9.18.